The van der Waals surface area contributed by atoms with Crippen LogP contribution in [0.3, 0.4) is 0 Å². The van der Waals surface area contributed by atoms with Gasteiger partial charge in [0.1, 0.15) is 6.10 Å². The van der Waals surface area contributed by atoms with Crippen LogP contribution in [0.1, 0.15) is 60.3 Å². The summed E-state index contributed by atoms with van der Waals surface area (Å²) in [4.78, 5) is 12.0. The van der Waals surface area contributed by atoms with Crippen molar-refractivity contribution in [3.63, 3.8) is 0 Å². The van der Waals surface area contributed by atoms with Crippen molar-refractivity contribution in [1.29, 1.82) is 0 Å². The van der Waals surface area contributed by atoms with Crippen LogP contribution in [0.15, 0.2) is 0 Å². The molecule has 0 aromatic rings. The van der Waals surface area contributed by atoms with Gasteiger partial charge in [0.25, 0.3) is 0 Å². The molecule has 122 valence electrons. The molecule has 1 N–H and O–H groups in total. The van der Waals surface area contributed by atoms with Gasteiger partial charge < -0.3 is 9.84 Å². The number of carbonyl (C=O) groups excluding carboxylic acids is 1. The Bertz CT molecular complexity index is 407. The lowest BCUT2D eigenvalue weighted by Gasteiger charge is -2.59. The number of alkyl halides is 1. The van der Waals surface area contributed by atoms with Crippen LogP contribution in [0, 0.1) is 23.2 Å². The zero-order chi connectivity index (χ0) is 16.0. The van der Waals surface area contributed by atoms with Crippen LogP contribution in [0.5, 0.6) is 0 Å². The molecule has 0 spiro atoms. The van der Waals surface area contributed by atoms with Gasteiger partial charge in [-0.05, 0) is 49.9 Å². The summed E-state index contributed by atoms with van der Waals surface area (Å²) in [5.41, 5.74) is -0.792. The summed E-state index contributed by atoms with van der Waals surface area (Å²) < 4.78 is 5.76. The highest BCUT2D eigenvalue weighted by atomic mass is 79.9. The lowest BCUT2D eigenvalue weighted by Crippen LogP contribution is -2.62. The molecule has 2 rings (SSSR count). The fourth-order valence-corrected chi connectivity index (χ4v) is 5.54. The Balaban J connectivity index is 2.43. The molecule has 0 radical (unpaired) electrons. The van der Waals surface area contributed by atoms with Crippen LogP contribution in [0.4, 0.5) is 0 Å². The molecule has 0 aromatic carbocycles. The van der Waals surface area contributed by atoms with Gasteiger partial charge in [-0.15, -0.1) is 0 Å². The molecule has 4 heteroatoms. The first-order chi connectivity index (χ1) is 9.59. The number of ether oxygens (including phenoxy) is 1. The van der Waals surface area contributed by atoms with Gasteiger partial charge in [0.2, 0.25) is 0 Å². The summed E-state index contributed by atoms with van der Waals surface area (Å²) in [6, 6.07) is 0. The standard InChI is InChI=1S/C17H29BrO3/c1-10(2)12-6-8-16(4)13(18)7-9-17(5,20)15(16)14(12)21-11(3)19/h10,12-15,20H,6-9H2,1-5H3/t12-,13-,14+,15-,16+,17-/m1/s1. The Hall–Kier alpha value is -0.0900. The monoisotopic (exact) mass is 360 g/mol. The van der Waals surface area contributed by atoms with Crippen molar-refractivity contribution in [3.05, 3.63) is 0 Å². The predicted molar refractivity (Wildman–Crippen MR) is 87.3 cm³/mol. The first kappa shape index (κ1) is 17.3. The maximum Gasteiger partial charge on any atom is 0.302 e. The van der Waals surface area contributed by atoms with Gasteiger partial charge in [0.15, 0.2) is 0 Å². The third kappa shape index (κ3) is 3.03. The molecule has 6 atom stereocenters. The summed E-state index contributed by atoms with van der Waals surface area (Å²) in [5, 5.41) is 11.0. The minimum Gasteiger partial charge on any atom is -0.462 e. The average molecular weight is 361 g/mol. The highest BCUT2D eigenvalue weighted by molar-refractivity contribution is 9.09. The van der Waals surface area contributed by atoms with Gasteiger partial charge in [-0.25, -0.2) is 0 Å². The van der Waals surface area contributed by atoms with Crippen molar-refractivity contribution in [2.24, 2.45) is 23.2 Å². The molecule has 0 heterocycles. The molecule has 0 bridgehead atoms. The topological polar surface area (TPSA) is 46.5 Å². The quantitative estimate of drug-likeness (QED) is 0.599. The molecule has 0 saturated heterocycles. The summed E-state index contributed by atoms with van der Waals surface area (Å²) >= 11 is 3.84. The van der Waals surface area contributed by atoms with Crippen molar-refractivity contribution < 1.29 is 14.6 Å². The highest BCUT2D eigenvalue weighted by Crippen LogP contribution is 2.59. The third-order valence-corrected chi connectivity index (χ3v) is 7.43. The number of hydrogen-bond donors (Lipinski definition) is 1. The molecular weight excluding hydrogens is 332 g/mol. The third-order valence-electron chi connectivity index (χ3n) is 5.93. The van der Waals surface area contributed by atoms with Gasteiger partial charge in [-0.2, -0.15) is 0 Å². The minimum atomic E-state index is -0.771. The first-order valence-corrected chi connectivity index (χ1v) is 9.05. The number of halogens is 1. The summed E-state index contributed by atoms with van der Waals surface area (Å²) in [6.07, 6.45) is 3.67. The van der Waals surface area contributed by atoms with E-state index in [1.54, 1.807) is 0 Å². The summed E-state index contributed by atoms with van der Waals surface area (Å²) in [6.45, 7) is 10.0. The lowest BCUT2D eigenvalue weighted by atomic mass is 9.51. The van der Waals surface area contributed by atoms with Crippen molar-refractivity contribution in [2.45, 2.75) is 76.8 Å². The number of esters is 1. The van der Waals surface area contributed by atoms with Crippen LogP contribution >= 0.6 is 15.9 Å². The van der Waals surface area contributed by atoms with Crippen molar-refractivity contribution >= 4 is 21.9 Å². The average Bonchev–Trinajstić information content (AvgIpc) is 2.33. The highest BCUT2D eigenvalue weighted by Gasteiger charge is 2.60. The number of carbonyl (C=O) groups is 1. The van der Waals surface area contributed by atoms with Crippen LogP contribution in [0.25, 0.3) is 0 Å². The van der Waals surface area contributed by atoms with Crippen LogP contribution in [0.2, 0.25) is 0 Å². The van der Waals surface area contributed by atoms with E-state index in [9.17, 15) is 9.90 Å². The maximum atomic E-state index is 11.6. The molecular formula is C17H29BrO3. The van der Waals surface area contributed by atoms with E-state index in [-0.39, 0.29) is 23.4 Å². The normalized spacial score (nSPS) is 47.0. The van der Waals surface area contributed by atoms with Gasteiger partial charge >= 0.3 is 5.97 Å². The zero-order valence-corrected chi connectivity index (χ0v) is 15.4. The smallest absolute Gasteiger partial charge is 0.302 e. The molecule has 0 aliphatic heterocycles. The molecule has 0 unspecified atom stereocenters. The Kier molecular flexibility index (Phi) is 4.80. The number of fused-ring (bicyclic) bond motifs is 1. The number of aliphatic hydroxyl groups is 1. The van der Waals surface area contributed by atoms with Gasteiger partial charge in [-0.1, -0.05) is 36.7 Å². The SMILES string of the molecule is CC(=O)O[C@H]1[C@@H](C(C)C)CC[C@@]2(C)[C@H](Br)CC[C@@](C)(O)[C@H]12. The second-order valence-electron chi connectivity index (χ2n) is 7.87. The van der Waals surface area contributed by atoms with Crippen molar-refractivity contribution in [1.82, 2.24) is 0 Å². The Morgan fingerprint density at radius 3 is 2.43 bits per heavy atom. The van der Waals surface area contributed by atoms with E-state index in [1.807, 2.05) is 6.92 Å². The van der Waals surface area contributed by atoms with Crippen LogP contribution in [-0.4, -0.2) is 27.6 Å². The molecule has 2 fully saturated rings. The van der Waals surface area contributed by atoms with Crippen LogP contribution < -0.4 is 0 Å². The lowest BCUT2D eigenvalue weighted by molar-refractivity contribution is -0.201. The van der Waals surface area contributed by atoms with Gasteiger partial charge in [0, 0.05) is 17.7 Å². The van der Waals surface area contributed by atoms with Crippen LogP contribution in [-0.2, 0) is 9.53 Å². The Labute approximate surface area is 137 Å². The van der Waals surface area contributed by atoms with Gasteiger partial charge in [0.05, 0.1) is 5.60 Å². The van der Waals surface area contributed by atoms with Gasteiger partial charge in [-0.3, -0.25) is 4.79 Å². The number of hydrogen-bond acceptors (Lipinski definition) is 3. The maximum absolute atomic E-state index is 11.6. The number of rotatable bonds is 2. The fraction of sp³-hybridized carbons (Fsp3) is 0.941. The van der Waals surface area contributed by atoms with E-state index in [0.717, 1.165) is 25.7 Å². The first-order valence-electron chi connectivity index (χ1n) is 8.13. The second-order valence-corrected chi connectivity index (χ2v) is 8.97. The van der Waals surface area contributed by atoms with E-state index in [0.29, 0.717) is 16.7 Å². The predicted octanol–water partition coefficient (Wildman–Crippen LogP) is 3.91. The summed E-state index contributed by atoms with van der Waals surface area (Å²) in [7, 11) is 0. The Morgan fingerprint density at radius 1 is 1.29 bits per heavy atom. The molecule has 2 aliphatic carbocycles. The van der Waals surface area contributed by atoms with Crippen molar-refractivity contribution in [3.8, 4) is 0 Å². The zero-order valence-electron chi connectivity index (χ0n) is 13.9. The molecule has 0 amide bonds. The molecule has 2 aliphatic rings. The largest absolute Gasteiger partial charge is 0.462 e. The molecule has 0 aromatic heterocycles. The second kappa shape index (κ2) is 5.84. The summed E-state index contributed by atoms with van der Waals surface area (Å²) in [5.74, 6) is 0.539. The molecule has 2 saturated carbocycles. The van der Waals surface area contributed by atoms with E-state index in [2.05, 4.69) is 36.7 Å². The molecule has 21 heavy (non-hydrogen) atoms. The van der Waals surface area contributed by atoms with E-state index >= 15 is 0 Å². The Morgan fingerprint density at radius 2 is 1.90 bits per heavy atom. The van der Waals surface area contributed by atoms with E-state index in [4.69, 9.17) is 4.74 Å². The van der Waals surface area contributed by atoms with E-state index in [1.165, 1.54) is 6.92 Å². The van der Waals surface area contributed by atoms with Crippen molar-refractivity contribution in [2.75, 3.05) is 0 Å². The van der Waals surface area contributed by atoms with E-state index < -0.39 is 5.60 Å². The molecule has 3 nitrogen and oxygen atoms in total. The fourth-order valence-electron chi connectivity index (χ4n) is 4.80. The minimum absolute atomic E-state index is 0.00632.